The second-order valence-electron chi connectivity index (χ2n) is 6.03. The molecule has 0 spiro atoms. The van der Waals surface area contributed by atoms with E-state index >= 15 is 0 Å². The Hall–Kier alpha value is -1.46. The lowest BCUT2D eigenvalue weighted by Gasteiger charge is -2.44. The van der Waals surface area contributed by atoms with Crippen molar-refractivity contribution < 1.29 is 14.3 Å². The van der Waals surface area contributed by atoms with E-state index in [1.165, 1.54) is 31.9 Å². The molecule has 2 aliphatic rings. The Morgan fingerprint density at radius 2 is 2.14 bits per heavy atom. The smallest absolute Gasteiger partial charge is 0.336 e. The molecule has 1 atom stereocenters. The molecular formula is C16H21FN2O2. The summed E-state index contributed by atoms with van der Waals surface area (Å²) in [5.74, 6) is -1.55. The summed E-state index contributed by atoms with van der Waals surface area (Å²) >= 11 is 0. The highest BCUT2D eigenvalue weighted by Crippen LogP contribution is 2.23. The van der Waals surface area contributed by atoms with Crippen LogP contribution in [0.1, 0.15) is 35.2 Å². The van der Waals surface area contributed by atoms with Crippen LogP contribution in [0, 0.1) is 5.82 Å². The van der Waals surface area contributed by atoms with Crippen molar-refractivity contribution in [2.45, 2.75) is 31.8 Å². The van der Waals surface area contributed by atoms with Crippen LogP contribution in [0.2, 0.25) is 0 Å². The molecule has 3 rings (SSSR count). The zero-order chi connectivity index (χ0) is 14.8. The maximum absolute atomic E-state index is 13.2. The van der Waals surface area contributed by atoms with Gasteiger partial charge in [-0.15, -0.1) is 0 Å². The Balaban J connectivity index is 1.71. The molecule has 0 saturated carbocycles. The SMILES string of the molecule is O=C(O)c1cc(F)ccc1CN1CCN2CCCCC2C1. The van der Waals surface area contributed by atoms with E-state index < -0.39 is 11.8 Å². The number of carboxylic acid groups (broad SMARTS) is 1. The first-order valence-corrected chi connectivity index (χ1v) is 7.61. The van der Waals surface area contributed by atoms with Crippen LogP contribution in [0.15, 0.2) is 18.2 Å². The molecule has 1 aromatic carbocycles. The largest absolute Gasteiger partial charge is 0.478 e. The fourth-order valence-corrected chi connectivity index (χ4v) is 3.49. The quantitative estimate of drug-likeness (QED) is 0.927. The molecule has 2 saturated heterocycles. The monoisotopic (exact) mass is 292 g/mol. The number of carboxylic acids is 1. The lowest BCUT2D eigenvalue weighted by Crippen LogP contribution is -2.54. The van der Waals surface area contributed by atoms with Gasteiger partial charge in [0.1, 0.15) is 5.82 Å². The summed E-state index contributed by atoms with van der Waals surface area (Å²) in [6, 6.07) is 4.67. The van der Waals surface area contributed by atoms with Gasteiger partial charge in [-0.2, -0.15) is 0 Å². The maximum atomic E-state index is 13.2. The first-order valence-electron chi connectivity index (χ1n) is 7.61. The van der Waals surface area contributed by atoms with Crippen molar-refractivity contribution in [3.8, 4) is 0 Å². The van der Waals surface area contributed by atoms with Gasteiger partial charge < -0.3 is 5.11 Å². The molecule has 1 unspecified atom stereocenters. The second-order valence-corrected chi connectivity index (χ2v) is 6.03. The highest BCUT2D eigenvalue weighted by atomic mass is 19.1. The van der Waals surface area contributed by atoms with E-state index in [1.807, 2.05) is 0 Å². The summed E-state index contributed by atoms with van der Waals surface area (Å²) in [5, 5.41) is 9.21. The van der Waals surface area contributed by atoms with Gasteiger partial charge in [0.25, 0.3) is 0 Å². The van der Waals surface area contributed by atoms with Crippen molar-refractivity contribution >= 4 is 5.97 Å². The van der Waals surface area contributed by atoms with Crippen molar-refractivity contribution in [1.29, 1.82) is 0 Å². The van der Waals surface area contributed by atoms with Crippen LogP contribution >= 0.6 is 0 Å². The first kappa shape index (κ1) is 14.5. The number of hydrogen-bond donors (Lipinski definition) is 1. The molecule has 5 heteroatoms. The van der Waals surface area contributed by atoms with Gasteiger partial charge in [-0.25, -0.2) is 9.18 Å². The number of halogens is 1. The minimum atomic E-state index is -1.05. The topological polar surface area (TPSA) is 43.8 Å². The summed E-state index contributed by atoms with van der Waals surface area (Å²) < 4.78 is 13.2. The predicted octanol–water partition coefficient (Wildman–Crippen LogP) is 2.19. The van der Waals surface area contributed by atoms with Crippen LogP contribution in [-0.2, 0) is 6.54 Å². The van der Waals surface area contributed by atoms with Crippen LogP contribution in [0.3, 0.4) is 0 Å². The Bertz CT molecular complexity index is 535. The molecule has 0 amide bonds. The number of benzene rings is 1. The molecule has 0 aliphatic carbocycles. The number of piperidine rings is 1. The molecule has 2 heterocycles. The summed E-state index contributed by atoms with van der Waals surface area (Å²) in [6.07, 6.45) is 3.80. The normalized spacial score (nSPS) is 23.8. The Morgan fingerprint density at radius 3 is 2.95 bits per heavy atom. The molecule has 0 aromatic heterocycles. The lowest BCUT2D eigenvalue weighted by atomic mass is 9.98. The van der Waals surface area contributed by atoms with Crippen molar-refractivity contribution in [3.63, 3.8) is 0 Å². The summed E-state index contributed by atoms with van der Waals surface area (Å²) in [6.45, 7) is 4.76. The number of rotatable bonds is 3. The average Bonchev–Trinajstić information content (AvgIpc) is 2.49. The zero-order valence-electron chi connectivity index (χ0n) is 12.1. The van der Waals surface area contributed by atoms with Crippen molar-refractivity contribution in [3.05, 3.63) is 35.1 Å². The Kier molecular flexibility index (Phi) is 4.22. The number of nitrogens with zero attached hydrogens (tertiary/aromatic N) is 2. The Morgan fingerprint density at radius 1 is 1.29 bits per heavy atom. The first-order chi connectivity index (χ1) is 10.1. The van der Waals surface area contributed by atoms with Gasteiger partial charge in [0, 0.05) is 32.2 Å². The molecule has 1 N–H and O–H groups in total. The van der Waals surface area contributed by atoms with E-state index in [1.54, 1.807) is 6.07 Å². The maximum Gasteiger partial charge on any atom is 0.336 e. The number of fused-ring (bicyclic) bond motifs is 1. The number of carbonyl (C=O) groups is 1. The van der Waals surface area contributed by atoms with Gasteiger partial charge in [0.2, 0.25) is 0 Å². The summed E-state index contributed by atoms with van der Waals surface area (Å²) in [4.78, 5) is 16.1. The van der Waals surface area contributed by atoms with E-state index in [-0.39, 0.29) is 5.56 Å². The second kappa shape index (κ2) is 6.12. The standard InChI is InChI=1S/C16H21FN2O2/c17-13-5-4-12(15(9-13)16(20)21)10-18-7-8-19-6-2-1-3-14(19)11-18/h4-5,9,14H,1-3,6-8,10-11H2,(H,20,21). The van der Waals surface area contributed by atoms with E-state index in [4.69, 9.17) is 0 Å². The third-order valence-corrected chi connectivity index (χ3v) is 4.62. The van der Waals surface area contributed by atoms with Gasteiger partial charge in [0.15, 0.2) is 0 Å². The third-order valence-electron chi connectivity index (χ3n) is 4.62. The molecular weight excluding hydrogens is 271 g/mol. The van der Waals surface area contributed by atoms with Crippen molar-refractivity contribution in [2.75, 3.05) is 26.2 Å². The minimum Gasteiger partial charge on any atom is -0.478 e. The number of hydrogen-bond acceptors (Lipinski definition) is 3. The van der Waals surface area contributed by atoms with Crippen LogP contribution in [0.5, 0.6) is 0 Å². The van der Waals surface area contributed by atoms with Gasteiger partial charge in [-0.3, -0.25) is 9.80 Å². The average molecular weight is 292 g/mol. The number of aromatic carboxylic acids is 1. The zero-order valence-corrected chi connectivity index (χ0v) is 12.1. The van der Waals surface area contributed by atoms with E-state index in [9.17, 15) is 14.3 Å². The molecule has 0 radical (unpaired) electrons. The van der Waals surface area contributed by atoms with E-state index in [2.05, 4.69) is 9.80 Å². The van der Waals surface area contributed by atoms with Crippen LogP contribution in [-0.4, -0.2) is 53.1 Å². The molecule has 0 bridgehead atoms. The highest BCUT2D eigenvalue weighted by molar-refractivity contribution is 5.89. The summed E-state index contributed by atoms with van der Waals surface area (Å²) in [5.41, 5.74) is 0.786. The van der Waals surface area contributed by atoms with Gasteiger partial charge in [-0.1, -0.05) is 12.5 Å². The highest BCUT2D eigenvalue weighted by Gasteiger charge is 2.29. The van der Waals surface area contributed by atoms with Gasteiger partial charge in [-0.05, 0) is 37.1 Å². The fourth-order valence-electron chi connectivity index (χ4n) is 3.49. The van der Waals surface area contributed by atoms with E-state index in [0.29, 0.717) is 18.2 Å². The summed E-state index contributed by atoms with van der Waals surface area (Å²) in [7, 11) is 0. The molecule has 2 fully saturated rings. The molecule has 21 heavy (non-hydrogen) atoms. The van der Waals surface area contributed by atoms with Crippen molar-refractivity contribution in [1.82, 2.24) is 9.80 Å². The lowest BCUT2D eigenvalue weighted by molar-refractivity contribution is 0.0452. The molecule has 4 nitrogen and oxygen atoms in total. The van der Waals surface area contributed by atoms with Crippen LogP contribution in [0.25, 0.3) is 0 Å². The minimum absolute atomic E-state index is 0.0843. The predicted molar refractivity (Wildman–Crippen MR) is 77.8 cm³/mol. The fraction of sp³-hybridized carbons (Fsp3) is 0.562. The van der Waals surface area contributed by atoms with E-state index in [0.717, 1.165) is 25.7 Å². The van der Waals surface area contributed by atoms with Gasteiger partial charge >= 0.3 is 5.97 Å². The number of piperazine rings is 1. The Labute approximate surface area is 124 Å². The van der Waals surface area contributed by atoms with Crippen LogP contribution < -0.4 is 0 Å². The molecule has 2 aliphatic heterocycles. The van der Waals surface area contributed by atoms with Gasteiger partial charge in [0.05, 0.1) is 5.56 Å². The molecule has 1 aromatic rings. The third kappa shape index (κ3) is 3.24. The van der Waals surface area contributed by atoms with Crippen LogP contribution in [0.4, 0.5) is 4.39 Å². The molecule has 114 valence electrons. The van der Waals surface area contributed by atoms with Crippen molar-refractivity contribution in [2.24, 2.45) is 0 Å².